The summed E-state index contributed by atoms with van der Waals surface area (Å²) in [5, 5.41) is 8.73. The van der Waals surface area contributed by atoms with E-state index in [1.54, 1.807) is 42.5 Å². The molecule has 0 spiro atoms. The molecule has 0 aliphatic heterocycles. The van der Waals surface area contributed by atoms with Gasteiger partial charge in [0.25, 0.3) is 5.91 Å². The van der Waals surface area contributed by atoms with Gasteiger partial charge in [-0.25, -0.2) is 9.37 Å². The van der Waals surface area contributed by atoms with E-state index in [1.165, 1.54) is 12.3 Å². The molecule has 0 aliphatic carbocycles. The summed E-state index contributed by atoms with van der Waals surface area (Å²) in [5.41, 5.74) is 5.26. The number of hydrogen-bond acceptors (Lipinski definition) is 6. The minimum Gasteiger partial charge on any atom is -0.484 e. The number of carbonyl (C=O) groups is 2. The van der Waals surface area contributed by atoms with Crippen LogP contribution in [0.1, 0.15) is 17.9 Å². The highest BCUT2D eigenvalue weighted by atomic mass is 19.1. The van der Waals surface area contributed by atoms with Gasteiger partial charge in [-0.3, -0.25) is 20.4 Å². The Hall–Kier alpha value is -4.19. The number of hydrogen-bond donors (Lipinski definition) is 2. The maximum atomic E-state index is 13.8. The molecule has 0 aliphatic rings. The molecule has 0 saturated carbocycles. The van der Waals surface area contributed by atoms with E-state index in [0.717, 1.165) is 0 Å². The Morgan fingerprint density at radius 2 is 1.83 bits per heavy atom. The highest BCUT2D eigenvalue weighted by Gasteiger charge is 2.12. The van der Waals surface area contributed by atoms with Crippen LogP contribution in [0.3, 0.4) is 0 Å². The van der Waals surface area contributed by atoms with Gasteiger partial charge in [-0.1, -0.05) is 12.1 Å². The van der Waals surface area contributed by atoms with Crippen molar-refractivity contribution in [3.63, 3.8) is 0 Å². The van der Waals surface area contributed by atoms with Crippen LogP contribution in [-0.4, -0.2) is 23.4 Å². The van der Waals surface area contributed by atoms with Crippen LogP contribution in [0.4, 0.5) is 4.39 Å². The van der Waals surface area contributed by atoms with Crippen molar-refractivity contribution >= 4 is 11.8 Å². The molecule has 152 valence electrons. The maximum Gasteiger partial charge on any atom is 0.276 e. The van der Waals surface area contributed by atoms with E-state index < -0.39 is 17.6 Å². The summed E-state index contributed by atoms with van der Waals surface area (Å²) in [6.07, 6.45) is 1.58. The number of nitrogens with zero attached hydrogens (tertiary/aromatic N) is 2. The number of nitrogens with one attached hydrogen (secondary N) is 2. The molecule has 3 rings (SSSR count). The number of hydrazine groups is 1. The van der Waals surface area contributed by atoms with E-state index in [9.17, 15) is 14.0 Å². The fraction of sp³-hybridized carbons (Fsp3) is 0.143. The number of rotatable bonds is 7. The molecule has 2 amide bonds. The lowest BCUT2D eigenvalue weighted by atomic mass is 10.2. The Morgan fingerprint density at radius 3 is 2.57 bits per heavy atom. The minimum absolute atomic E-state index is 0.00792. The van der Waals surface area contributed by atoms with Crippen LogP contribution in [0.2, 0.25) is 0 Å². The summed E-state index contributed by atoms with van der Waals surface area (Å²) in [4.78, 5) is 27.6. The first-order chi connectivity index (χ1) is 14.5. The molecule has 0 bridgehead atoms. The first-order valence-electron chi connectivity index (χ1n) is 8.95. The van der Waals surface area contributed by atoms with E-state index in [1.807, 2.05) is 6.07 Å². The van der Waals surface area contributed by atoms with Crippen LogP contribution in [0, 0.1) is 17.1 Å². The van der Waals surface area contributed by atoms with E-state index >= 15 is 0 Å². The predicted molar refractivity (Wildman–Crippen MR) is 103 cm³/mol. The molecule has 8 nitrogen and oxygen atoms in total. The van der Waals surface area contributed by atoms with Gasteiger partial charge < -0.3 is 9.15 Å². The van der Waals surface area contributed by atoms with Crippen LogP contribution in [0.5, 0.6) is 5.75 Å². The van der Waals surface area contributed by atoms with Gasteiger partial charge in [0.2, 0.25) is 5.91 Å². The Morgan fingerprint density at radius 1 is 1.10 bits per heavy atom. The number of oxazole rings is 1. The molecule has 0 unspecified atom stereocenters. The third-order valence-corrected chi connectivity index (χ3v) is 3.95. The lowest BCUT2D eigenvalue weighted by molar-refractivity contribution is -0.130. The topological polar surface area (TPSA) is 117 Å². The lowest BCUT2D eigenvalue weighted by Gasteiger charge is -2.08. The average molecular weight is 408 g/mol. The molecule has 3 aromatic rings. The van der Waals surface area contributed by atoms with Crippen molar-refractivity contribution in [1.29, 1.82) is 5.26 Å². The van der Waals surface area contributed by atoms with Gasteiger partial charge in [-0.05, 0) is 36.4 Å². The summed E-state index contributed by atoms with van der Waals surface area (Å²) in [5.74, 6) is -0.456. The Balaban J connectivity index is 1.39. The molecule has 1 aromatic heterocycles. The summed E-state index contributed by atoms with van der Waals surface area (Å²) < 4.78 is 24.5. The number of benzene rings is 2. The van der Waals surface area contributed by atoms with Crippen molar-refractivity contribution in [3.05, 3.63) is 72.0 Å². The summed E-state index contributed by atoms with van der Waals surface area (Å²) in [6, 6.07) is 14.4. The fourth-order valence-electron chi connectivity index (χ4n) is 2.44. The van der Waals surface area contributed by atoms with Crippen molar-refractivity contribution in [1.82, 2.24) is 15.8 Å². The van der Waals surface area contributed by atoms with Gasteiger partial charge in [0.15, 0.2) is 18.3 Å². The number of aromatic nitrogens is 1. The number of nitriles is 1. The van der Waals surface area contributed by atoms with Crippen molar-refractivity contribution in [2.45, 2.75) is 12.8 Å². The predicted octanol–water partition coefficient (Wildman–Crippen LogP) is 2.51. The molecule has 1 heterocycles. The molecule has 2 aromatic carbocycles. The zero-order valence-electron chi connectivity index (χ0n) is 15.7. The van der Waals surface area contributed by atoms with Gasteiger partial charge in [-0.2, -0.15) is 5.26 Å². The first-order valence-corrected chi connectivity index (χ1v) is 8.95. The van der Waals surface area contributed by atoms with Gasteiger partial charge in [0.05, 0.1) is 23.4 Å². The zero-order chi connectivity index (χ0) is 21.3. The Kier molecular flexibility index (Phi) is 6.74. The molecule has 0 fully saturated rings. The second kappa shape index (κ2) is 9.84. The smallest absolute Gasteiger partial charge is 0.276 e. The number of carbonyl (C=O) groups excluding carboxylic acids is 2. The van der Waals surface area contributed by atoms with E-state index in [-0.39, 0.29) is 36.7 Å². The quantitative estimate of drug-likeness (QED) is 0.580. The first kappa shape index (κ1) is 20.5. The number of halogens is 1. The second-order valence-corrected chi connectivity index (χ2v) is 6.12. The fourth-order valence-corrected chi connectivity index (χ4v) is 2.44. The van der Waals surface area contributed by atoms with Crippen molar-refractivity contribution in [2.24, 2.45) is 0 Å². The Bertz CT molecular complexity index is 1070. The van der Waals surface area contributed by atoms with Crippen LogP contribution in [-0.2, 0) is 16.0 Å². The van der Waals surface area contributed by atoms with Crippen molar-refractivity contribution < 1.29 is 23.1 Å². The van der Waals surface area contributed by atoms with E-state index in [2.05, 4.69) is 15.8 Å². The largest absolute Gasteiger partial charge is 0.484 e. The molecule has 2 N–H and O–H groups in total. The van der Waals surface area contributed by atoms with Gasteiger partial charge in [0, 0.05) is 12.8 Å². The molecule has 0 saturated heterocycles. The van der Waals surface area contributed by atoms with E-state index in [4.69, 9.17) is 14.4 Å². The normalized spacial score (nSPS) is 10.1. The molecular weight excluding hydrogens is 391 g/mol. The van der Waals surface area contributed by atoms with E-state index in [0.29, 0.717) is 11.3 Å². The molecular formula is C21H17FN4O4. The highest BCUT2D eigenvalue weighted by Crippen LogP contribution is 2.23. The van der Waals surface area contributed by atoms with Crippen LogP contribution >= 0.6 is 0 Å². The maximum absolute atomic E-state index is 13.8. The van der Waals surface area contributed by atoms with Gasteiger partial charge in [0.1, 0.15) is 11.6 Å². The number of ether oxygens (including phenoxy) is 1. The standard InChI is InChI=1S/C21H17FN4O4/c22-17-4-2-1-3-16(17)18-12-24-21(30-18)10-9-19(27)25-26-20(28)13-29-15-7-5-14(11-23)6-8-15/h1-8,12H,9-10,13H2,(H,25,27)(H,26,28). The monoisotopic (exact) mass is 408 g/mol. The lowest BCUT2D eigenvalue weighted by Crippen LogP contribution is -2.43. The number of aryl methyl sites for hydroxylation is 1. The van der Waals surface area contributed by atoms with Crippen molar-refractivity contribution in [2.75, 3.05) is 6.61 Å². The number of amides is 2. The highest BCUT2D eigenvalue weighted by molar-refractivity contribution is 5.82. The van der Waals surface area contributed by atoms with Crippen LogP contribution in [0.25, 0.3) is 11.3 Å². The summed E-state index contributed by atoms with van der Waals surface area (Å²) >= 11 is 0. The molecule has 30 heavy (non-hydrogen) atoms. The SMILES string of the molecule is N#Cc1ccc(OCC(=O)NNC(=O)CCc2ncc(-c3ccccc3F)o2)cc1. The third-order valence-electron chi connectivity index (χ3n) is 3.95. The van der Waals surface area contributed by atoms with Crippen LogP contribution in [0.15, 0.2) is 59.1 Å². The summed E-state index contributed by atoms with van der Waals surface area (Å²) in [7, 11) is 0. The zero-order valence-corrected chi connectivity index (χ0v) is 15.7. The molecule has 0 radical (unpaired) electrons. The third kappa shape index (κ3) is 5.65. The van der Waals surface area contributed by atoms with Gasteiger partial charge >= 0.3 is 0 Å². The summed E-state index contributed by atoms with van der Waals surface area (Å²) in [6.45, 7) is -0.308. The Labute approximate surface area is 171 Å². The molecule has 9 heteroatoms. The molecule has 0 atom stereocenters. The van der Waals surface area contributed by atoms with Crippen LogP contribution < -0.4 is 15.6 Å². The second-order valence-electron chi connectivity index (χ2n) is 6.12. The van der Waals surface area contributed by atoms with Gasteiger partial charge in [-0.15, -0.1) is 0 Å². The van der Waals surface area contributed by atoms with Crippen molar-refractivity contribution in [3.8, 4) is 23.1 Å². The average Bonchev–Trinajstić information content (AvgIpc) is 3.24. The minimum atomic E-state index is -0.550.